The van der Waals surface area contributed by atoms with Crippen LogP contribution in [0.3, 0.4) is 0 Å². The van der Waals surface area contributed by atoms with Gasteiger partial charge in [0.1, 0.15) is 0 Å². The first-order chi connectivity index (χ1) is 6.36. The predicted molar refractivity (Wildman–Crippen MR) is 61.9 cm³/mol. The molecule has 0 atom stereocenters. The maximum Gasteiger partial charge on any atom is 2.00 e. The Bertz CT molecular complexity index is 248. The third-order valence-corrected chi connectivity index (χ3v) is 3.83. The zero-order valence-electron chi connectivity index (χ0n) is 7.01. The Balaban J connectivity index is -0.000000180. The molecule has 4 nitrogen and oxygen atoms in total. The Hall–Kier alpha value is 1.28. The Labute approximate surface area is 140 Å². The molecule has 0 saturated carbocycles. The minimum atomic E-state index is -1.23. The third-order valence-electron chi connectivity index (χ3n) is 0.582. The van der Waals surface area contributed by atoms with Crippen LogP contribution in [0.4, 0.5) is 0 Å². The summed E-state index contributed by atoms with van der Waals surface area (Å²) in [4.78, 5) is 21.8. The van der Waals surface area contributed by atoms with E-state index in [1.165, 1.54) is 9.97 Å². The fraction of sp³-hybridized carbons (Fsp3) is 0. The van der Waals surface area contributed by atoms with Gasteiger partial charge in [0.25, 0.3) is 0 Å². The van der Waals surface area contributed by atoms with E-state index in [1.54, 1.807) is 0 Å². The third kappa shape index (κ3) is 15.3. The minimum absolute atomic E-state index is 0. The summed E-state index contributed by atoms with van der Waals surface area (Å²) in [6.07, 6.45) is 0. The first kappa shape index (κ1) is 21.5. The molecule has 0 aromatic rings. The van der Waals surface area contributed by atoms with Gasteiger partial charge in [-0.15, -0.1) is 0 Å². The summed E-state index contributed by atoms with van der Waals surface area (Å²) in [5, 5.41) is 19.3. The Morgan fingerprint density at radius 2 is 1.07 bits per heavy atom. The van der Waals surface area contributed by atoms with E-state index in [1.807, 2.05) is 0 Å². The molecule has 0 bridgehead atoms. The van der Waals surface area contributed by atoms with Gasteiger partial charge in [-0.25, -0.2) is 0 Å². The van der Waals surface area contributed by atoms with Gasteiger partial charge in [-0.3, -0.25) is 0 Å². The van der Waals surface area contributed by atoms with Gasteiger partial charge in [0.15, 0.2) is 0 Å². The Morgan fingerprint density at radius 3 is 1.07 bits per heavy atom. The van der Waals surface area contributed by atoms with Gasteiger partial charge in [0.05, 0.1) is 11.9 Å². The maximum absolute atomic E-state index is 9.67. The normalized spacial score (nSPS) is 10.7. The van der Waals surface area contributed by atoms with Crippen molar-refractivity contribution in [3.05, 3.63) is 18.9 Å². The van der Waals surface area contributed by atoms with E-state index in [2.05, 4.69) is 63.7 Å². The van der Waals surface area contributed by atoms with Gasteiger partial charge < -0.3 is 19.8 Å². The van der Waals surface area contributed by atoms with Crippen LogP contribution < -0.4 is 10.2 Å². The van der Waals surface area contributed by atoms with Gasteiger partial charge in [-0.05, 0) is 41.8 Å². The molecule has 0 fully saturated rings. The fourth-order valence-corrected chi connectivity index (χ4v) is 0.463. The fourth-order valence-electron chi connectivity index (χ4n) is 0.0891. The van der Waals surface area contributed by atoms with Crippen LogP contribution in [-0.4, -0.2) is 11.9 Å². The molecular weight excluding hydrogens is 656 g/mol. The molecular formula is C6H2Br4HgO4. The molecule has 0 aliphatic heterocycles. The number of rotatable bonds is 2. The molecule has 9 heteroatoms. The van der Waals surface area contributed by atoms with Crippen molar-refractivity contribution in [1.82, 2.24) is 0 Å². The number of hydrogen-bond acceptors (Lipinski definition) is 4. The second-order valence-electron chi connectivity index (χ2n) is 1.49. The zero-order chi connectivity index (χ0) is 11.7. The largest absolute Gasteiger partial charge is 2.00 e. The second kappa shape index (κ2) is 13.3. The number of halogens is 4. The molecule has 80 valence electrons. The van der Waals surface area contributed by atoms with E-state index in [9.17, 15) is 19.8 Å². The molecule has 0 aromatic heterocycles. The Morgan fingerprint density at radius 1 is 0.867 bits per heavy atom. The van der Waals surface area contributed by atoms with Crippen LogP contribution in [0.2, 0.25) is 0 Å². The van der Waals surface area contributed by atoms with E-state index in [0.29, 0.717) is 0 Å². The molecule has 0 aliphatic carbocycles. The van der Waals surface area contributed by atoms with Crippen LogP contribution in [0, 0.1) is 0 Å². The topological polar surface area (TPSA) is 80.3 Å². The molecule has 0 saturated heterocycles. The van der Waals surface area contributed by atoms with Gasteiger partial charge in [0.2, 0.25) is 0 Å². The van der Waals surface area contributed by atoms with Crippen molar-refractivity contribution in [2.45, 2.75) is 0 Å². The van der Waals surface area contributed by atoms with Gasteiger partial charge in [-0.1, -0.05) is 31.9 Å². The molecule has 0 aromatic carbocycles. The van der Waals surface area contributed by atoms with Crippen molar-refractivity contribution in [2.24, 2.45) is 0 Å². The summed E-state index contributed by atoms with van der Waals surface area (Å²) < 4.78 is 0.0139. The summed E-state index contributed by atoms with van der Waals surface area (Å²) in [6, 6.07) is 0. The first-order valence-electron chi connectivity index (χ1n) is 2.71. The van der Waals surface area contributed by atoms with E-state index >= 15 is 0 Å². The average molecular weight is 658 g/mol. The van der Waals surface area contributed by atoms with Crippen molar-refractivity contribution in [2.75, 3.05) is 0 Å². The zero-order valence-corrected chi connectivity index (χ0v) is 18.8. The van der Waals surface area contributed by atoms with Gasteiger partial charge >= 0.3 is 27.7 Å². The van der Waals surface area contributed by atoms with E-state index in [-0.39, 0.29) is 36.6 Å². The second-order valence-corrected chi connectivity index (χ2v) is 4.11. The van der Waals surface area contributed by atoms with Crippen LogP contribution in [0.1, 0.15) is 0 Å². The average Bonchev–Trinajstić information content (AvgIpc) is 2.15. The van der Waals surface area contributed by atoms with Gasteiger partial charge in [0, 0.05) is 8.96 Å². The Kier molecular flexibility index (Phi) is 19.2. The molecule has 0 spiro atoms. The number of aliphatic carboxylic acids is 2. The van der Waals surface area contributed by atoms with Crippen LogP contribution in [0.5, 0.6) is 0 Å². The van der Waals surface area contributed by atoms with E-state index in [4.69, 9.17) is 0 Å². The summed E-state index contributed by atoms with van der Waals surface area (Å²) in [7, 11) is 0. The van der Waals surface area contributed by atoms with E-state index in [0.717, 1.165) is 0 Å². The summed E-state index contributed by atoms with van der Waals surface area (Å²) in [5.74, 6) is -2.45. The van der Waals surface area contributed by atoms with Crippen LogP contribution in [-0.2, 0) is 37.3 Å². The first-order valence-corrected chi connectivity index (χ1v) is 6.13. The number of carboxylic acids is 2. The van der Waals surface area contributed by atoms with Crippen molar-refractivity contribution < 1.29 is 47.5 Å². The number of hydrogen-bond donors (Lipinski definition) is 0. The van der Waals surface area contributed by atoms with Crippen molar-refractivity contribution in [1.29, 1.82) is 0 Å². The molecule has 0 N–H and O–H groups in total. The van der Waals surface area contributed by atoms with E-state index < -0.39 is 11.9 Å². The van der Waals surface area contributed by atoms with Crippen LogP contribution >= 0.6 is 63.7 Å². The number of carbonyl (C=O) groups excluding carboxylic acids is 2. The SMILES string of the molecule is O=C([O-])/C(Br)=C/Br.O=C([O-])/C(Br)=C/Br.[Hg+2]. The van der Waals surface area contributed by atoms with Crippen molar-refractivity contribution in [3.63, 3.8) is 0 Å². The number of carboxylic acid groups (broad SMARTS) is 2. The predicted octanol–water partition coefficient (Wildman–Crippen LogP) is 0.732. The quantitative estimate of drug-likeness (QED) is 0.324. The standard InChI is InChI=1S/2C3H2Br2O2.Hg/c2*4-1-2(5)3(6)7;/h2*1H,(H,6,7);/q;;+2/p-2/b2*2-1-;. The smallest absolute Gasteiger partial charge is 0.544 e. The molecule has 0 unspecified atom stereocenters. The molecule has 0 heterocycles. The van der Waals surface area contributed by atoms with Crippen LogP contribution in [0.25, 0.3) is 0 Å². The van der Waals surface area contributed by atoms with Gasteiger partial charge in [-0.2, -0.15) is 0 Å². The molecule has 0 aliphatic rings. The maximum atomic E-state index is 9.67. The minimum Gasteiger partial charge on any atom is -0.544 e. The molecule has 15 heavy (non-hydrogen) atoms. The molecule has 0 amide bonds. The summed E-state index contributed by atoms with van der Waals surface area (Å²) in [6.45, 7) is 0. The van der Waals surface area contributed by atoms with Crippen LogP contribution in [0.15, 0.2) is 18.9 Å². The summed E-state index contributed by atoms with van der Waals surface area (Å²) in [5.41, 5.74) is 0. The monoisotopic (exact) mass is 656 g/mol. The summed E-state index contributed by atoms with van der Waals surface area (Å²) >= 11 is 11.0. The number of carbonyl (C=O) groups is 2. The van der Waals surface area contributed by atoms with Crippen molar-refractivity contribution >= 4 is 75.7 Å². The molecule has 0 rings (SSSR count). The molecule has 0 radical (unpaired) electrons. The van der Waals surface area contributed by atoms with Crippen molar-refractivity contribution in [3.8, 4) is 0 Å².